The highest BCUT2D eigenvalue weighted by molar-refractivity contribution is 5.94. The maximum absolute atomic E-state index is 12.5. The van der Waals surface area contributed by atoms with Crippen LogP contribution in [0, 0.1) is 0 Å². The molecular formula is C18H22F3NO3. The molecule has 1 aromatic rings. The van der Waals surface area contributed by atoms with Crippen LogP contribution in [0.2, 0.25) is 0 Å². The van der Waals surface area contributed by atoms with E-state index in [1.807, 2.05) is 0 Å². The van der Waals surface area contributed by atoms with E-state index in [0.29, 0.717) is 5.56 Å². The van der Waals surface area contributed by atoms with Gasteiger partial charge in [0.1, 0.15) is 5.60 Å². The smallest absolute Gasteiger partial charge is 0.416 e. The molecular weight excluding hydrogens is 335 g/mol. The lowest BCUT2D eigenvalue weighted by Gasteiger charge is -2.20. The predicted octanol–water partition coefficient (Wildman–Crippen LogP) is 4.17. The van der Waals surface area contributed by atoms with Gasteiger partial charge in [-0.05, 0) is 45.4 Å². The molecule has 0 saturated heterocycles. The Morgan fingerprint density at radius 1 is 1.16 bits per heavy atom. The van der Waals surface area contributed by atoms with Gasteiger partial charge in [0.25, 0.3) is 0 Å². The SMILES string of the molecule is C=C(CC(=O)N[C@@H](C)c1ccc(C(F)(F)F)cc1)C(=O)OC(C)(C)C. The predicted molar refractivity (Wildman–Crippen MR) is 87.6 cm³/mol. The average molecular weight is 357 g/mol. The number of nitrogens with one attached hydrogen (secondary N) is 1. The Kier molecular flexibility index (Phi) is 6.40. The summed E-state index contributed by atoms with van der Waals surface area (Å²) in [7, 11) is 0. The molecule has 4 nitrogen and oxygen atoms in total. The second-order valence-corrected chi connectivity index (χ2v) is 6.69. The fourth-order valence-electron chi connectivity index (χ4n) is 1.95. The van der Waals surface area contributed by atoms with Gasteiger partial charge in [-0.15, -0.1) is 0 Å². The number of alkyl halides is 3. The zero-order chi connectivity index (χ0) is 19.4. The van der Waals surface area contributed by atoms with Crippen molar-refractivity contribution in [3.8, 4) is 0 Å². The number of hydrogen-bond donors (Lipinski definition) is 1. The van der Waals surface area contributed by atoms with E-state index in [-0.39, 0.29) is 12.0 Å². The van der Waals surface area contributed by atoms with E-state index in [1.165, 1.54) is 12.1 Å². The highest BCUT2D eigenvalue weighted by Gasteiger charge is 2.30. The van der Waals surface area contributed by atoms with Gasteiger partial charge in [0, 0.05) is 5.57 Å². The molecule has 0 heterocycles. The van der Waals surface area contributed by atoms with Crippen molar-refractivity contribution in [2.75, 3.05) is 0 Å². The van der Waals surface area contributed by atoms with E-state index in [9.17, 15) is 22.8 Å². The second-order valence-electron chi connectivity index (χ2n) is 6.69. The van der Waals surface area contributed by atoms with Crippen LogP contribution in [0.5, 0.6) is 0 Å². The van der Waals surface area contributed by atoms with Crippen molar-refractivity contribution in [1.29, 1.82) is 0 Å². The molecule has 0 radical (unpaired) electrons. The van der Waals surface area contributed by atoms with E-state index in [0.717, 1.165) is 12.1 Å². The lowest BCUT2D eigenvalue weighted by Crippen LogP contribution is -2.29. The summed E-state index contributed by atoms with van der Waals surface area (Å²) in [5.41, 5.74) is -0.923. The first-order valence-corrected chi connectivity index (χ1v) is 7.67. The number of carbonyl (C=O) groups is 2. The third-order valence-electron chi connectivity index (χ3n) is 3.18. The number of carbonyl (C=O) groups excluding carboxylic acids is 2. The van der Waals surface area contributed by atoms with Crippen molar-refractivity contribution in [1.82, 2.24) is 5.32 Å². The minimum Gasteiger partial charge on any atom is -0.457 e. The molecule has 0 aromatic heterocycles. The topological polar surface area (TPSA) is 55.4 Å². The first kappa shape index (κ1) is 20.7. The zero-order valence-corrected chi connectivity index (χ0v) is 14.7. The van der Waals surface area contributed by atoms with Crippen LogP contribution in [0.25, 0.3) is 0 Å². The van der Waals surface area contributed by atoms with Crippen LogP contribution in [0.4, 0.5) is 13.2 Å². The van der Waals surface area contributed by atoms with Gasteiger partial charge in [0.2, 0.25) is 5.91 Å². The summed E-state index contributed by atoms with van der Waals surface area (Å²) in [4.78, 5) is 23.7. The molecule has 1 aromatic carbocycles. The molecule has 25 heavy (non-hydrogen) atoms. The van der Waals surface area contributed by atoms with E-state index in [1.54, 1.807) is 27.7 Å². The Morgan fingerprint density at radius 3 is 2.12 bits per heavy atom. The summed E-state index contributed by atoms with van der Waals surface area (Å²) >= 11 is 0. The van der Waals surface area contributed by atoms with Gasteiger partial charge in [-0.3, -0.25) is 4.79 Å². The summed E-state index contributed by atoms with van der Waals surface area (Å²) in [5, 5.41) is 2.61. The standard InChI is InChI=1S/C18H22F3NO3/c1-11(16(24)25-17(3,4)5)10-15(23)22-12(2)13-6-8-14(9-7-13)18(19,20)21/h6-9,12H,1,10H2,2-5H3,(H,22,23)/t12-/m0/s1. The number of halogens is 3. The Balaban J connectivity index is 2.62. The van der Waals surface area contributed by atoms with E-state index >= 15 is 0 Å². The van der Waals surface area contributed by atoms with Gasteiger partial charge in [0.05, 0.1) is 18.0 Å². The number of hydrogen-bond acceptors (Lipinski definition) is 3. The van der Waals surface area contributed by atoms with Crippen LogP contribution < -0.4 is 5.32 Å². The van der Waals surface area contributed by atoms with Gasteiger partial charge in [-0.1, -0.05) is 18.7 Å². The molecule has 0 bridgehead atoms. The zero-order valence-electron chi connectivity index (χ0n) is 14.7. The van der Waals surface area contributed by atoms with Gasteiger partial charge in [-0.25, -0.2) is 4.79 Å². The lowest BCUT2D eigenvalue weighted by atomic mass is 10.1. The number of rotatable bonds is 5. The summed E-state index contributed by atoms with van der Waals surface area (Å²) < 4.78 is 42.7. The number of esters is 1. The van der Waals surface area contributed by atoms with Crippen LogP contribution in [0.1, 0.15) is 51.3 Å². The Hall–Kier alpha value is -2.31. The molecule has 138 valence electrons. The fraction of sp³-hybridized carbons (Fsp3) is 0.444. The van der Waals surface area contributed by atoms with Gasteiger partial charge in [0.15, 0.2) is 0 Å². The summed E-state index contributed by atoms with van der Waals surface area (Å²) in [6, 6.07) is 4.00. The van der Waals surface area contributed by atoms with E-state index in [4.69, 9.17) is 4.74 Å². The molecule has 0 saturated carbocycles. The van der Waals surface area contributed by atoms with Crippen LogP contribution in [0.15, 0.2) is 36.4 Å². The molecule has 0 spiro atoms. The molecule has 1 atom stereocenters. The van der Waals surface area contributed by atoms with Crippen molar-refractivity contribution in [2.45, 2.75) is 51.9 Å². The van der Waals surface area contributed by atoms with Crippen LogP contribution >= 0.6 is 0 Å². The monoisotopic (exact) mass is 357 g/mol. The second kappa shape index (κ2) is 7.72. The van der Waals surface area contributed by atoms with Gasteiger partial charge < -0.3 is 10.1 Å². The van der Waals surface area contributed by atoms with Gasteiger partial charge in [-0.2, -0.15) is 13.2 Å². The molecule has 7 heteroatoms. The highest BCUT2D eigenvalue weighted by atomic mass is 19.4. The fourth-order valence-corrected chi connectivity index (χ4v) is 1.95. The minimum absolute atomic E-state index is 0.00652. The van der Waals surface area contributed by atoms with Crippen LogP contribution in [-0.4, -0.2) is 17.5 Å². The Morgan fingerprint density at radius 2 is 1.68 bits per heavy atom. The Labute approximate surface area is 145 Å². The summed E-state index contributed by atoms with van der Waals surface area (Å²) in [6.07, 6.45) is -4.66. The van der Waals surface area contributed by atoms with Crippen LogP contribution in [0.3, 0.4) is 0 Å². The molecule has 0 aliphatic carbocycles. The van der Waals surface area contributed by atoms with Crippen molar-refractivity contribution < 1.29 is 27.5 Å². The number of amides is 1. The van der Waals surface area contributed by atoms with Crippen molar-refractivity contribution in [2.24, 2.45) is 0 Å². The molecule has 1 rings (SSSR count). The van der Waals surface area contributed by atoms with E-state index < -0.39 is 35.3 Å². The first-order chi connectivity index (χ1) is 11.3. The minimum atomic E-state index is -4.41. The molecule has 1 amide bonds. The maximum atomic E-state index is 12.5. The molecule has 0 aliphatic rings. The molecule has 0 unspecified atom stereocenters. The molecule has 1 N–H and O–H groups in total. The van der Waals surface area contributed by atoms with Crippen LogP contribution in [-0.2, 0) is 20.5 Å². The highest BCUT2D eigenvalue weighted by Crippen LogP contribution is 2.29. The average Bonchev–Trinajstić information content (AvgIpc) is 2.44. The first-order valence-electron chi connectivity index (χ1n) is 7.67. The van der Waals surface area contributed by atoms with E-state index in [2.05, 4.69) is 11.9 Å². The number of benzene rings is 1. The normalized spacial score (nSPS) is 13.1. The quantitative estimate of drug-likeness (QED) is 0.636. The Bertz CT molecular complexity index is 643. The van der Waals surface area contributed by atoms with Gasteiger partial charge >= 0.3 is 12.1 Å². The third kappa shape index (κ3) is 6.99. The molecule has 0 aliphatic heterocycles. The van der Waals surface area contributed by atoms with Crippen molar-refractivity contribution >= 4 is 11.9 Å². The lowest BCUT2D eigenvalue weighted by molar-refractivity contribution is -0.150. The number of ether oxygens (including phenoxy) is 1. The van der Waals surface area contributed by atoms with Crippen molar-refractivity contribution in [3.63, 3.8) is 0 Å². The third-order valence-corrected chi connectivity index (χ3v) is 3.18. The summed E-state index contributed by atoms with van der Waals surface area (Å²) in [5.74, 6) is -1.13. The maximum Gasteiger partial charge on any atom is 0.416 e. The van der Waals surface area contributed by atoms with Crippen molar-refractivity contribution in [3.05, 3.63) is 47.5 Å². The molecule has 0 fully saturated rings. The summed E-state index contributed by atoms with van der Waals surface area (Å²) in [6.45, 7) is 10.3. The largest absolute Gasteiger partial charge is 0.457 e.